The molecule has 2 heterocycles. The van der Waals surface area contributed by atoms with Gasteiger partial charge < -0.3 is 14.4 Å². The van der Waals surface area contributed by atoms with Crippen LogP contribution in [0.4, 0.5) is 5.82 Å². The Hall–Kier alpha value is -2.30. The first kappa shape index (κ1) is 14.6. The van der Waals surface area contributed by atoms with Crippen molar-refractivity contribution in [1.82, 2.24) is 9.97 Å². The van der Waals surface area contributed by atoms with Crippen molar-refractivity contribution in [3.05, 3.63) is 41.9 Å². The molecule has 0 radical (unpaired) electrons. The number of hydrogen-bond acceptors (Lipinski definition) is 5. The van der Waals surface area contributed by atoms with Crippen molar-refractivity contribution in [3.8, 4) is 11.5 Å². The van der Waals surface area contributed by atoms with Crippen LogP contribution in [0.3, 0.4) is 0 Å². The number of para-hydroxylation sites is 2. The fourth-order valence-electron chi connectivity index (χ4n) is 2.54. The fraction of sp³-hybridized carbons (Fsp3) is 0.412. The minimum absolute atomic E-state index is 0.0441. The lowest BCUT2D eigenvalue weighted by molar-refractivity contribution is 0.0847. The Labute approximate surface area is 130 Å². The van der Waals surface area contributed by atoms with Gasteiger partial charge in [-0.15, -0.1) is 0 Å². The Bertz CT molecular complexity index is 658. The predicted molar refractivity (Wildman–Crippen MR) is 85.8 cm³/mol. The molecule has 0 unspecified atom stereocenters. The SMILES string of the molecule is Cc1cnc(CC[C@H]2COc3ccccc3O2)nc1N(C)C. The van der Waals surface area contributed by atoms with Crippen molar-refractivity contribution >= 4 is 5.82 Å². The molecule has 2 aromatic rings. The molecule has 116 valence electrons. The second-order valence-electron chi connectivity index (χ2n) is 5.72. The van der Waals surface area contributed by atoms with Crippen molar-refractivity contribution < 1.29 is 9.47 Å². The fourth-order valence-corrected chi connectivity index (χ4v) is 2.54. The van der Waals surface area contributed by atoms with Crippen LogP contribution in [0.25, 0.3) is 0 Å². The summed E-state index contributed by atoms with van der Waals surface area (Å²) < 4.78 is 11.7. The number of aryl methyl sites for hydroxylation is 2. The maximum atomic E-state index is 5.96. The van der Waals surface area contributed by atoms with Crippen LogP contribution in [0.2, 0.25) is 0 Å². The van der Waals surface area contributed by atoms with Crippen molar-refractivity contribution in [2.24, 2.45) is 0 Å². The molecule has 0 amide bonds. The maximum absolute atomic E-state index is 5.96. The van der Waals surface area contributed by atoms with Crippen molar-refractivity contribution in [2.45, 2.75) is 25.9 Å². The lowest BCUT2D eigenvalue weighted by Crippen LogP contribution is -2.29. The van der Waals surface area contributed by atoms with E-state index in [1.165, 1.54) is 0 Å². The molecule has 0 aliphatic carbocycles. The summed E-state index contributed by atoms with van der Waals surface area (Å²) in [6.07, 6.45) is 3.54. The number of anilines is 1. The van der Waals surface area contributed by atoms with E-state index < -0.39 is 0 Å². The van der Waals surface area contributed by atoms with E-state index in [1.54, 1.807) is 0 Å². The number of fused-ring (bicyclic) bond motifs is 1. The minimum Gasteiger partial charge on any atom is -0.486 e. The number of ether oxygens (including phenoxy) is 2. The lowest BCUT2D eigenvalue weighted by Gasteiger charge is -2.26. The quantitative estimate of drug-likeness (QED) is 0.868. The van der Waals surface area contributed by atoms with E-state index >= 15 is 0 Å². The van der Waals surface area contributed by atoms with Gasteiger partial charge in [-0.05, 0) is 25.5 Å². The molecule has 0 N–H and O–H groups in total. The largest absolute Gasteiger partial charge is 0.486 e. The molecule has 22 heavy (non-hydrogen) atoms. The summed E-state index contributed by atoms with van der Waals surface area (Å²) in [4.78, 5) is 11.0. The number of aromatic nitrogens is 2. The van der Waals surface area contributed by atoms with Crippen LogP contribution in [-0.4, -0.2) is 36.8 Å². The number of rotatable bonds is 4. The van der Waals surface area contributed by atoms with E-state index in [-0.39, 0.29) is 6.10 Å². The van der Waals surface area contributed by atoms with Crippen LogP contribution in [0.5, 0.6) is 11.5 Å². The molecule has 0 fully saturated rings. The first-order valence-electron chi connectivity index (χ1n) is 7.52. The molecule has 0 saturated heterocycles. The summed E-state index contributed by atoms with van der Waals surface area (Å²) in [7, 11) is 3.99. The Morgan fingerprint density at radius 1 is 1.23 bits per heavy atom. The van der Waals surface area contributed by atoms with E-state index in [1.807, 2.05) is 56.4 Å². The second-order valence-corrected chi connectivity index (χ2v) is 5.72. The Morgan fingerprint density at radius 3 is 2.77 bits per heavy atom. The molecule has 1 atom stereocenters. The van der Waals surface area contributed by atoms with Gasteiger partial charge in [-0.2, -0.15) is 0 Å². The number of nitrogens with zero attached hydrogens (tertiary/aromatic N) is 3. The zero-order chi connectivity index (χ0) is 15.5. The molecule has 3 rings (SSSR count). The van der Waals surface area contributed by atoms with Gasteiger partial charge >= 0.3 is 0 Å². The van der Waals surface area contributed by atoms with E-state index in [2.05, 4.69) is 9.97 Å². The summed E-state index contributed by atoms with van der Waals surface area (Å²) in [5, 5.41) is 0. The zero-order valence-electron chi connectivity index (χ0n) is 13.2. The summed E-state index contributed by atoms with van der Waals surface area (Å²) in [5.74, 6) is 3.45. The number of benzene rings is 1. The van der Waals surface area contributed by atoms with Gasteiger partial charge in [0.05, 0.1) is 0 Å². The van der Waals surface area contributed by atoms with Crippen LogP contribution in [0.1, 0.15) is 17.8 Å². The van der Waals surface area contributed by atoms with Crippen LogP contribution >= 0.6 is 0 Å². The summed E-state index contributed by atoms with van der Waals surface area (Å²) in [6.45, 7) is 2.59. The second kappa shape index (κ2) is 6.22. The third kappa shape index (κ3) is 3.13. The van der Waals surface area contributed by atoms with Crippen LogP contribution in [0, 0.1) is 6.92 Å². The van der Waals surface area contributed by atoms with Gasteiger partial charge in [-0.1, -0.05) is 12.1 Å². The Kier molecular flexibility index (Phi) is 4.13. The van der Waals surface area contributed by atoms with Gasteiger partial charge in [0, 0.05) is 32.3 Å². The van der Waals surface area contributed by atoms with Crippen LogP contribution in [-0.2, 0) is 6.42 Å². The highest BCUT2D eigenvalue weighted by Gasteiger charge is 2.20. The topological polar surface area (TPSA) is 47.5 Å². The Morgan fingerprint density at radius 2 is 2.00 bits per heavy atom. The van der Waals surface area contributed by atoms with Gasteiger partial charge in [0.15, 0.2) is 11.5 Å². The van der Waals surface area contributed by atoms with Gasteiger partial charge in [0.1, 0.15) is 24.4 Å². The highest BCUT2D eigenvalue weighted by molar-refractivity contribution is 5.43. The van der Waals surface area contributed by atoms with Crippen LogP contribution < -0.4 is 14.4 Å². The average molecular weight is 299 g/mol. The number of hydrogen-bond donors (Lipinski definition) is 0. The molecule has 5 heteroatoms. The summed E-state index contributed by atoms with van der Waals surface area (Å²) in [6, 6.07) is 7.77. The van der Waals surface area contributed by atoms with Gasteiger partial charge in [0.25, 0.3) is 0 Å². The average Bonchev–Trinajstić information content (AvgIpc) is 2.53. The van der Waals surface area contributed by atoms with Gasteiger partial charge in [-0.25, -0.2) is 9.97 Å². The van der Waals surface area contributed by atoms with E-state index in [4.69, 9.17) is 9.47 Å². The van der Waals surface area contributed by atoms with Crippen molar-refractivity contribution in [2.75, 3.05) is 25.6 Å². The van der Waals surface area contributed by atoms with Crippen molar-refractivity contribution in [3.63, 3.8) is 0 Å². The predicted octanol–water partition coefficient (Wildman–Crippen LogP) is 2.62. The van der Waals surface area contributed by atoms with E-state index in [0.717, 1.165) is 41.5 Å². The summed E-state index contributed by atoms with van der Waals surface area (Å²) >= 11 is 0. The zero-order valence-corrected chi connectivity index (χ0v) is 13.2. The molecule has 0 bridgehead atoms. The third-order valence-electron chi connectivity index (χ3n) is 3.68. The molecule has 1 aliphatic heterocycles. The first-order chi connectivity index (χ1) is 10.6. The normalized spacial score (nSPS) is 16.4. The molecular formula is C17H21N3O2. The lowest BCUT2D eigenvalue weighted by atomic mass is 10.1. The molecule has 0 saturated carbocycles. The molecular weight excluding hydrogens is 278 g/mol. The van der Waals surface area contributed by atoms with Crippen molar-refractivity contribution in [1.29, 1.82) is 0 Å². The minimum atomic E-state index is 0.0441. The molecule has 5 nitrogen and oxygen atoms in total. The standard InChI is InChI=1S/C17H21N3O2/c1-12-10-18-16(19-17(12)20(2)3)9-8-13-11-21-14-6-4-5-7-15(14)22-13/h4-7,10,13H,8-9,11H2,1-3H3/t13-/m0/s1. The van der Waals surface area contributed by atoms with Gasteiger partial charge in [0.2, 0.25) is 0 Å². The van der Waals surface area contributed by atoms with E-state index in [0.29, 0.717) is 6.61 Å². The monoisotopic (exact) mass is 299 g/mol. The highest BCUT2D eigenvalue weighted by Crippen LogP contribution is 2.31. The molecule has 1 aromatic carbocycles. The molecule has 1 aromatic heterocycles. The first-order valence-corrected chi connectivity index (χ1v) is 7.52. The van der Waals surface area contributed by atoms with Gasteiger partial charge in [-0.3, -0.25) is 0 Å². The maximum Gasteiger partial charge on any atom is 0.161 e. The van der Waals surface area contributed by atoms with Crippen LogP contribution in [0.15, 0.2) is 30.5 Å². The molecule has 0 spiro atoms. The highest BCUT2D eigenvalue weighted by atomic mass is 16.6. The smallest absolute Gasteiger partial charge is 0.161 e. The summed E-state index contributed by atoms with van der Waals surface area (Å²) in [5.41, 5.74) is 1.08. The Balaban J connectivity index is 1.63. The van der Waals surface area contributed by atoms with E-state index in [9.17, 15) is 0 Å². The third-order valence-corrected chi connectivity index (χ3v) is 3.68. The molecule has 1 aliphatic rings.